The van der Waals surface area contributed by atoms with Gasteiger partial charge in [-0.05, 0) is 34.3 Å². The highest BCUT2D eigenvalue weighted by molar-refractivity contribution is 9.10. The van der Waals surface area contributed by atoms with Gasteiger partial charge < -0.3 is 9.52 Å². The van der Waals surface area contributed by atoms with Gasteiger partial charge >= 0.3 is 0 Å². The Morgan fingerprint density at radius 2 is 2.19 bits per heavy atom. The molecule has 2 atom stereocenters. The second kappa shape index (κ2) is 7.13. The van der Waals surface area contributed by atoms with Gasteiger partial charge in [0.15, 0.2) is 4.67 Å². The molecule has 0 amide bonds. The van der Waals surface area contributed by atoms with Crippen molar-refractivity contribution in [1.82, 2.24) is 0 Å². The van der Waals surface area contributed by atoms with Crippen LogP contribution in [0.5, 0.6) is 0 Å². The van der Waals surface area contributed by atoms with E-state index in [1.807, 2.05) is 6.07 Å². The van der Waals surface area contributed by atoms with Crippen LogP contribution in [-0.2, 0) is 0 Å². The number of rotatable bonds is 7. The zero-order valence-electron chi connectivity index (χ0n) is 10.1. The molecular weight excluding hydrogens is 268 g/mol. The van der Waals surface area contributed by atoms with E-state index in [1.54, 1.807) is 6.26 Å². The van der Waals surface area contributed by atoms with Gasteiger partial charge in [-0.3, -0.25) is 0 Å². The number of unbranched alkanes of at least 4 members (excludes halogenated alkanes) is 1. The van der Waals surface area contributed by atoms with Crippen molar-refractivity contribution in [2.75, 3.05) is 0 Å². The summed E-state index contributed by atoms with van der Waals surface area (Å²) in [6.07, 6.45) is 6.84. The smallest absolute Gasteiger partial charge is 0.174 e. The highest BCUT2D eigenvalue weighted by atomic mass is 79.9. The number of halogens is 1. The van der Waals surface area contributed by atoms with E-state index in [2.05, 4.69) is 29.8 Å². The molecule has 0 aliphatic heterocycles. The zero-order chi connectivity index (χ0) is 12.0. The number of aliphatic hydroxyl groups excluding tert-OH is 1. The summed E-state index contributed by atoms with van der Waals surface area (Å²) in [7, 11) is 0. The first-order valence-corrected chi connectivity index (χ1v) is 6.89. The molecule has 2 unspecified atom stereocenters. The minimum atomic E-state index is -0.407. The summed E-state index contributed by atoms with van der Waals surface area (Å²) < 4.78 is 5.80. The van der Waals surface area contributed by atoms with Crippen molar-refractivity contribution in [1.29, 1.82) is 0 Å². The van der Waals surface area contributed by atoms with E-state index in [0.29, 0.717) is 10.6 Å². The second-order valence-corrected chi connectivity index (χ2v) is 5.04. The lowest BCUT2D eigenvalue weighted by atomic mass is 9.91. The summed E-state index contributed by atoms with van der Waals surface area (Å²) in [4.78, 5) is 0. The van der Waals surface area contributed by atoms with Gasteiger partial charge in [0, 0.05) is 5.56 Å². The summed E-state index contributed by atoms with van der Waals surface area (Å²) in [5, 5.41) is 10.1. The van der Waals surface area contributed by atoms with Gasteiger partial charge in [-0.25, -0.2) is 0 Å². The number of aliphatic hydroxyl groups is 1. The van der Waals surface area contributed by atoms with Crippen molar-refractivity contribution in [2.24, 2.45) is 5.92 Å². The maximum absolute atomic E-state index is 10.1. The molecule has 0 radical (unpaired) electrons. The van der Waals surface area contributed by atoms with Crippen LogP contribution in [-0.4, -0.2) is 5.11 Å². The Hall–Kier alpha value is -0.280. The van der Waals surface area contributed by atoms with Gasteiger partial charge in [-0.1, -0.05) is 39.5 Å². The molecule has 0 fully saturated rings. The summed E-state index contributed by atoms with van der Waals surface area (Å²) >= 11 is 3.30. The Morgan fingerprint density at radius 3 is 2.69 bits per heavy atom. The summed E-state index contributed by atoms with van der Waals surface area (Å²) in [6.45, 7) is 4.40. The molecule has 3 heteroatoms. The predicted octanol–water partition coefficient (Wildman–Crippen LogP) is 4.68. The molecule has 0 saturated heterocycles. The van der Waals surface area contributed by atoms with Crippen LogP contribution in [0.4, 0.5) is 0 Å². The molecule has 0 aromatic carbocycles. The van der Waals surface area contributed by atoms with Gasteiger partial charge in [0.2, 0.25) is 0 Å². The molecule has 0 aliphatic carbocycles. The first kappa shape index (κ1) is 13.8. The van der Waals surface area contributed by atoms with Crippen molar-refractivity contribution < 1.29 is 9.52 Å². The maximum Gasteiger partial charge on any atom is 0.174 e. The number of hydrogen-bond acceptors (Lipinski definition) is 2. The monoisotopic (exact) mass is 288 g/mol. The largest absolute Gasteiger partial charge is 0.457 e. The summed E-state index contributed by atoms with van der Waals surface area (Å²) in [5.74, 6) is 0.608. The molecule has 16 heavy (non-hydrogen) atoms. The van der Waals surface area contributed by atoms with E-state index in [0.717, 1.165) is 18.4 Å². The first-order valence-electron chi connectivity index (χ1n) is 6.09. The van der Waals surface area contributed by atoms with Crippen molar-refractivity contribution in [3.8, 4) is 0 Å². The fourth-order valence-electron chi connectivity index (χ4n) is 1.97. The summed E-state index contributed by atoms with van der Waals surface area (Å²) in [5.41, 5.74) is 0.870. The van der Waals surface area contributed by atoms with E-state index in [4.69, 9.17) is 4.42 Å². The summed E-state index contributed by atoms with van der Waals surface area (Å²) in [6, 6.07) is 1.83. The Balaban J connectivity index is 2.48. The molecule has 1 aromatic rings. The fourth-order valence-corrected chi connectivity index (χ4v) is 2.47. The zero-order valence-corrected chi connectivity index (χ0v) is 11.7. The third kappa shape index (κ3) is 3.95. The lowest BCUT2D eigenvalue weighted by molar-refractivity contribution is 0.137. The Labute approximate surface area is 106 Å². The van der Waals surface area contributed by atoms with Crippen LogP contribution >= 0.6 is 15.9 Å². The van der Waals surface area contributed by atoms with E-state index < -0.39 is 6.10 Å². The minimum Gasteiger partial charge on any atom is -0.457 e. The SMILES string of the molecule is CCCCC(CC)CC(O)c1ccoc1Br. The normalized spacial score (nSPS) is 15.0. The van der Waals surface area contributed by atoms with Crippen molar-refractivity contribution >= 4 is 15.9 Å². The molecule has 2 nitrogen and oxygen atoms in total. The third-order valence-electron chi connectivity index (χ3n) is 3.10. The van der Waals surface area contributed by atoms with Crippen LogP contribution in [0.15, 0.2) is 21.4 Å². The minimum absolute atomic E-state index is 0.407. The lowest BCUT2D eigenvalue weighted by Crippen LogP contribution is -2.06. The van der Waals surface area contributed by atoms with Crippen LogP contribution in [0.25, 0.3) is 0 Å². The molecule has 1 N–H and O–H groups in total. The Kier molecular flexibility index (Phi) is 6.14. The van der Waals surface area contributed by atoms with Crippen molar-refractivity contribution in [2.45, 2.75) is 52.1 Å². The Bertz CT molecular complexity index is 296. The van der Waals surface area contributed by atoms with Crippen LogP contribution in [0.3, 0.4) is 0 Å². The molecule has 1 heterocycles. The average Bonchev–Trinajstić information content (AvgIpc) is 2.70. The van der Waals surface area contributed by atoms with Crippen LogP contribution in [0, 0.1) is 5.92 Å². The van der Waals surface area contributed by atoms with Crippen molar-refractivity contribution in [3.05, 3.63) is 22.6 Å². The average molecular weight is 289 g/mol. The number of furan rings is 1. The van der Waals surface area contributed by atoms with Gasteiger partial charge in [-0.15, -0.1) is 0 Å². The van der Waals surface area contributed by atoms with E-state index in [1.165, 1.54) is 19.3 Å². The van der Waals surface area contributed by atoms with E-state index in [9.17, 15) is 5.11 Å². The third-order valence-corrected chi connectivity index (χ3v) is 3.75. The fraction of sp³-hybridized carbons (Fsp3) is 0.692. The lowest BCUT2D eigenvalue weighted by Gasteiger charge is -2.18. The molecule has 0 bridgehead atoms. The van der Waals surface area contributed by atoms with Gasteiger partial charge in [0.05, 0.1) is 12.4 Å². The maximum atomic E-state index is 10.1. The standard InChI is InChI=1S/C13H21BrO2/c1-3-5-6-10(4-2)9-12(15)11-7-8-16-13(11)14/h7-8,10,12,15H,3-6,9H2,1-2H3. The van der Waals surface area contributed by atoms with Crippen molar-refractivity contribution in [3.63, 3.8) is 0 Å². The highest BCUT2D eigenvalue weighted by Crippen LogP contribution is 2.31. The molecule has 1 aromatic heterocycles. The second-order valence-electron chi connectivity index (χ2n) is 4.32. The molecule has 0 aliphatic rings. The Morgan fingerprint density at radius 1 is 1.44 bits per heavy atom. The topological polar surface area (TPSA) is 33.4 Å². The molecule has 0 spiro atoms. The van der Waals surface area contributed by atoms with Crippen LogP contribution < -0.4 is 0 Å². The van der Waals surface area contributed by atoms with Crippen LogP contribution in [0.1, 0.15) is 57.6 Å². The van der Waals surface area contributed by atoms with Crippen LogP contribution in [0.2, 0.25) is 0 Å². The highest BCUT2D eigenvalue weighted by Gasteiger charge is 2.18. The molecule has 92 valence electrons. The predicted molar refractivity (Wildman–Crippen MR) is 69.3 cm³/mol. The van der Waals surface area contributed by atoms with E-state index in [-0.39, 0.29) is 0 Å². The first-order chi connectivity index (χ1) is 7.69. The molecule has 1 rings (SSSR count). The molecular formula is C13H21BrO2. The van der Waals surface area contributed by atoms with Gasteiger partial charge in [0.1, 0.15) is 0 Å². The molecule has 0 saturated carbocycles. The van der Waals surface area contributed by atoms with Gasteiger partial charge in [-0.2, -0.15) is 0 Å². The number of hydrogen-bond donors (Lipinski definition) is 1. The van der Waals surface area contributed by atoms with E-state index >= 15 is 0 Å². The van der Waals surface area contributed by atoms with Gasteiger partial charge in [0.25, 0.3) is 0 Å². The quantitative estimate of drug-likeness (QED) is 0.790.